The van der Waals surface area contributed by atoms with E-state index in [0.29, 0.717) is 44.0 Å². The summed E-state index contributed by atoms with van der Waals surface area (Å²) in [5.41, 5.74) is 7.58. The van der Waals surface area contributed by atoms with Crippen LogP contribution in [0.25, 0.3) is 10.8 Å². The third-order valence-electron chi connectivity index (χ3n) is 5.96. The molecule has 1 aliphatic heterocycles. The second-order valence-electron chi connectivity index (χ2n) is 8.16. The molecule has 1 aliphatic rings. The fraction of sp³-hybridized carbons (Fsp3) is 0.478. The molecule has 2 aromatic carbocycles. The molecule has 1 heterocycles. The number of carbonyl (C=O) groups is 2. The summed E-state index contributed by atoms with van der Waals surface area (Å²) >= 11 is 0. The Labute approximate surface area is 167 Å². The van der Waals surface area contributed by atoms with Gasteiger partial charge in [-0.1, -0.05) is 38.1 Å². The van der Waals surface area contributed by atoms with Crippen molar-refractivity contribution in [2.45, 2.75) is 46.2 Å². The van der Waals surface area contributed by atoms with E-state index in [1.807, 2.05) is 48.2 Å². The lowest BCUT2D eigenvalue weighted by molar-refractivity contribution is -0.127. The first-order chi connectivity index (χ1) is 13.4. The third kappa shape index (κ3) is 4.36. The standard InChI is InChI=1S/C23H31N3O2/c1-15(2)16(3)25-22(27)18-9-11-26(12-10-18)23(28)19-8-7-17-5-4-6-20(14-24)21(17)13-19/h4-8,13,15-16,18H,9-12,14,24H2,1-3H3,(H,25,27). The molecule has 150 valence electrons. The van der Waals surface area contributed by atoms with Crippen molar-refractivity contribution >= 4 is 22.6 Å². The van der Waals surface area contributed by atoms with Crippen LogP contribution in [0, 0.1) is 11.8 Å². The molecule has 2 amide bonds. The summed E-state index contributed by atoms with van der Waals surface area (Å²) in [4.78, 5) is 27.3. The molecular weight excluding hydrogens is 350 g/mol. The predicted octanol–water partition coefficient (Wildman–Crippen LogP) is 3.31. The van der Waals surface area contributed by atoms with Crippen LogP contribution in [0.3, 0.4) is 0 Å². The highest BCUT2D eigenvalue weighted by Crippen LogP contribution is 2.24. The molecule has 0 bridgehead atoms. The number of piperidine rings is 1. The van der Waals surface area contributed by atoms with Gasteiger partial charge in [-0.2, -0.15) is 0 Å². The van der Waals surface area contributed by atoms with Gasteiger partial charge in [0, 0.05) is 37.2 Å². The van der Waals surface area contributed by atoms with Crippen LogP contribution in [-0.2, 0) is 11.3 Å². The number of benzene rings is 2. The Morgan fingerprint density at radius 1 is 1.14 bits per heavy atom. The number of amides is 2. The lowest BCUT2D eigenvalue weighted by Crippen LogP contribution is -2.45. The largest absolute Gasteiger partial charge is 0.353 e. The molecule has 5 heteroatoms. The van der Waals surface area contributed by atoms with Crippen molar-refractivity contribution in [2.24, 2.45) is 17.6 Å². The topological polar surface area (TPSA) is 75.4 Å². The van der Waals surface area contributed by atoms with E-state index in [0.717, 1.165) is 16.3 Å². The van der Waals surface area contributed by atoms with Crippen LogP contribution < -0.4 is 11.1 Å². The Balaban J connectivity index is 1.65. The Morgan fingerprint density at radius 3 is 2.50 bits per heavy atom. The van der Waals surface area contributed by atoms with E-state index in [-0.39, 0.29) is 23.8 Å². The van der Waals surface area contributed by atoms with Crippen molar-refractivity contribution in [3.05, 3.63) is 47.5 Å². The number of fused-ring (bicyclic) bond motifs is 1. The van der Waals surface area contributed by atoms with Crippen LogP contribution in [0.15, 0.2) is 36.4 Å². The van der Waals surface area contributed by atoms with E-state index in [1.54, 1.807) is 0 Å². The van der Waals surface area contributed by atoms with E-state index in [2.05, 4.69) is 19.2 Å². The van der Waals surface area contributed by atoms with Gasteiger partial charge >= 0.3 is 0 Å². The van der Waals surface area contributed by atoms with Gasteiger partial charge < -0.3 is 16.0 Å². The van der Waals surface area contributed by atoms with Crippen LogP contribution in [0.5, 0.6) is 0 Å². The first-order valence-corrected chi connectivity index (χ1v) is 10.2. The summed E-state index contributed by atoms with van der Waals surface area (Å²) in [6.07, 6.45) is 1.42. The number of likely N-dealkylation sites (tertiary alicyclic amines) is 1. The van der Waals surface area contributed by atoms with Crippen LogP contribution in [0.2, 0.25) is 0 Å². The first kappa shape index (κ1) is 20.3. The van der Waals surface area contributed by atoms with Crippen molar-refractivity contribution < 1.29 is 9.59 Å². The maximum Gasteiger partial charge on any atom is 0.253 e. The van der Waals surface area contributed by atoms with Crippen LogP contribution in [0.1, 0.15) is 49.5 Å². The summed E-state index contributed by atoms with van der Waals surface area (Å²) in [7, 11) is 0. The molecule has 0 aromatic heterocycles. The highest BCUT2D eigenvalue weighted by atomic mass is 16.2. The average Bonchev–Trinajstić information content (AvgIpc) is 2.72. The van der Waals surface area contributed by atoms with Gasteiger partial charge in [0.25, 0.3) is 5.91 Å². The Kier molecular flexibility index (Phi) is 6.35. The minimum absolute atomic E-state index is 0.00861. The lowest BCUT2D eigenvalue weighted by atomic mass is 9.94. The maximum atomic E-state index is 13.0. The Hall–Kier alpha value is -2.40. The van der Waals surface area contributed by atoms with E-state index in [9.17, 15) is 9.59 Å². The van der Waals surface area contributed by atoms with Crippen molar-refractivity contribution in [3.63, 3.8) is 0 Å². The molecule has 0 radical (unpaired) electrons. The zero-order chi connectivity index (χ0) is 20.3. The number of nitrogens with zero attached hydrogens (tertiary/aromatic N) is 1. The van der Waals surface area contributed by atoms with Crippen molar-refractivity contribution in [2.75, 3.05) is 13.1 Å². The van der Waals surface area contributed by atoms with Gasteiger partial charge in [0.1, 0.15) is 0 Å². The minimum atomic E-state index is -0.00861. The van der Waals surface area contributed by atoms with Crippen LogP contribution in [-0.4, -0.2) is 35.8 Å². The molecule has 28 heavy (non-hydrogen) atoms. The van der Waals surface area contributed by atoms with Crippen molar-refractivity contribution in [3.8, 4) is 0 Å². The van der Waals surface area contributed by atoms with E-state index in [4.69, 9.17) is 5.73 Å². The number of hydrogen-bond donors (Lipinski definition) is 2. The minimum Gasteiger partial charge on any atom is -0.353 e. The number of nitrogens with two attached hydrogens (primary N) is 1. The molecule has 1 atom stereocenters. The molecule has 0 spiro atoms. The predicted molar refractivity (Wildman–Crippen MR) is 113 cm³/mol. The molecule has 1 unspecified atom stereocenters. The number of hydrogen-bond acceptors (Lipinski definition) is 3. The second kappa shape index (κ2) is 8.74. The van der Waals surface area contributed by atoms with Crippen molar-refractivity contribution in [1.29, 1.82) is 0 Å². The van der Waals surface area contributed by atoms with Gasteiger partial charge in [0.2, 0.25) is 5.91 Å². The van der Waals surface area contributed by atoms with E-state index < -0.39 is 0 Å². The zero-order valence-corrected chi connectivity index (χ0v) is 17.1. The molecule has 3 rings (SSSR count). The summed E-state index contributed by atoms with van der Waals surface area (Å²) < 4.78 is 0. The highest BCUT2D eigenvalue weighted by Gasteiger charge is 2.28. The van der Waals surface area contributed by atoms with Gasteiger partial charge in [0.15, 0.2) is 0 Å². The normalized spacial score (nSPS) is 16.4. The fourth-order valence-electron chi connectivity index (χ4n) is 3.68. The Morgan fingerprint density at radius 2 is 1.86 bits per heavy atom. The molecule has 0 aliphatic carbocycles. The fourth-order valence-corrected chi connectivity index (χ4v) is 3.68. The maximum absolute atomic E-state index is 13.0. The van der Waals surface area contributed by atoms with Gasteiger partial charge in [0.05, 0.1) is 0 Å². The molecule has 0 saturated carbocycles. The highest BCUT2D eigenvalue weighted by molar-refractivity contribution is 5.99. The summed E-state index contributed by atoms with van der Waals surface area (Å²) in [5.74, 6) is 0.553. The Bertz CT molecular complexity index is 854. The average molecular weight is 382 g/mol. The summed E-state index contributed by atoms with van der Waals surface area (Å²) in [5, 5.41) is 5.23. The second-order valence-corrected chi connectivity index (χ2v) is 8.16. The van der Waals surface area contributed by atoms with Gasteiger partial charge in [-0.25, -0.2) is 0 Å². The van der Waals surface area contributed by atoms with E-state index in [1.165, 1.54) is 0 Å². The molecule has 3 N–H and O–H groups in total. The summed E-state index contributed by atoms with van der Waals surface area (Å²) in [6, 6.07) is 12.0. The zero-order valence-electron chi connectivity index (χ0n) is 17.1. The molecule has 1 fully saturated rings. The number of rotatable bonds is 5. The van der Waals surface area contributed by atoms with Crippen molar-refractivity contribution in [1.82, 2.24) is 10.2 Å². The van der Waals surface area contributed by atoms with Gasteiger partial charge in [-0.05, 0) is 54.2 Å². The molecule has 5 nitrogen and oxygen atoms in total. The molecular formula is C23H31N3O2. The van der Waals surface area contributed by atoms with E-state index >= 15 is 0 Å². The lowest BCUT2D eigenvalue weighted by Gasteiger charge is -2.32. The number of carbonyl (C=O) groups excluding carboxylic acids is 2. The smallest absolute Gasteiger partial charge is 0.253 e. The SMILES string of the molecule is CC(C)C(C)NC(=O)C1CCN(C(=O)c2ccc3cccc(CN)c3c2)CC1. The first-order valence-electron chi connectivity index (χ1n) is 10.2. The summed E-state index contributed by atoms with van der Waals surface area (Å²) in [6.45, 7) is 7.92. The molecule has 2 aromatic rings. The number of nitrogens with one attached hydrogen (secondary N) is 1. The van der Waals surface area contributed by atoms with Crippen LogP contribution >= 0.6 is 0 Å². The van der Waals surface area contributed by atoms with Crippen LogP contribution in [0.4, 0.5) is 0 Å². The monoisotopic (exact) mass is 381 g/mol. The quantitative estimate of drug-likeness (QED) is 0.834. The van der Waals surface area contributed by atoms with Gasteiger partial charge in [-0.3, -0.25) is 9.59 Å². The van der Waals surface area contributed by atoms with Gasteiger partial charge in [-0.15, -0.1) is 0 Å². The molecule has 1 saturated heterocycles. The third-order valence-corrected chi connectivity index (χ3v) is 5.96.